The van der Waals surface area contributed by atoms with Gasteiger partial charge in [0.25, 0.3) is 0 Å². The maximum absolute atomic E-state index is 13.0. The summed E-state index contributed by atoms with van der Waals surface area (Å²) in [6, 6.07) is 5.04. The van der Waals surface area contributed by atoms with E-state index in [-0.39, 0.29) is 17.4 Å². The molecule has 0 radical (unpaired) electrons. The summed E-state index contributed by atoms with van der Waals surface area (Å²) in [4.78, 5) is 12.0. The number of anilines is 1. The maximum atomic E-state index is 13.0. The van der Waals surface area contributed by atoms with Crippen LogP contribution in [0.4, 0.5) is 5.69 Å². The second-order valence-electron chi connectivity index (χ2n) is 6.24. The van der Waals surface area contributed by atoms with Gasteiger partial charge in [-0.05, 0) is 49.6 Å². The van der Waals surface area contributed by atoms with Crippen molar-refractivity contribution in [3.8, 4) is 0 Å². The third kappa shape index (κ3) is 5.47. The fourth-order valence-electron chi connectivity index (χ4n) is 2.44. The van der Waals surface area contributed by atoms with Crippen LogP contribution in [0.2, 0.25) is 0 Å². The summed E-state index contributed by atoms with van der Waals surface area (Å²) in [5.74, 6) is -0.600. The van der Waals surface area contributed by atoms with Crippen LogP contribution in [-0.2, 0) is 14.8 Å². The van der Waals surface area contributed by atoms with Gasteiger partial charge >= 0.3 is 0 Å². The van der Waals surface area contributed by atoms with Crippen molar-refractivity contribution in [2.24, 2.45) is 17.4 Å². The number of nitrogens with two attached hydrogens (primary N) is 3. The Balaban J connectivity index is 3.21. The number of amides is 1. The van der Waals surface area contributed by atoms with Gasteiger partial charge in [0.15, 0.2) is 0 Å². The van der Waals surface area contributed by atoms with Gasteiger partial charge < -0.3 is 17.2 Å². The number of hydrogen-bond donors (Lipinski definition) is 3. The standard InChI is InChI=1S/C16H28N4O3S/c1-12(2)11-20(15(16(19)21)5-3-4-10-17)24(22,23)14-8-6-13(18)7-9-14/h6-9,12,15H,3-5,10-11,17-18H2,1-2H3,(H2,19,21)/t15-/m0/s1. The van der Waals surface area contributed by atoms with E-state index in [1.807, 2.05) is 13.8 Å². The minimum Gasteiger partial charge on any atom is -0.399 e. The number of carbonyl (C=O) groups excluding carboxylic acids is 1. The molecule has 0 saturated heterocycles. The zero-order chi connectivity index (χ0) is 18.3. The van der Waals surface area contributed by atoms with E-state index < -0.39 is 22.0 Å². The van der Waals surface area contributed by atoms with Gasteiger partial charge in [-0.25, -0.2) is 8.42 Å². The lowest BCUT2D eigenvalue weighted by Gasteiger charge is -2.30. The minimum atomic E-state index is -3.85. The first-order valence-electron chi connectivity index (χ1n) is 8.07. The Morgan fingerprint density at radius 1 is 1.17 bits per heavy atom. The first-order chi connectivity index (χ1) is 11.2. The molecule has 0 bridgehead atoms. The Morgan fingerprint density at radius 2 is 1.75 bits per heavy atom. The fourth-order valence-corrected chi connectivity index (χ4v) is 4.23. The third-order valence-electron chi connectivity index (χ3n) is 3.64. The molecular weight excluding hydrogens is 328 g/mol. The molecule has 0 saturated carbocycles. The van der Waals surface area contributed by atoms with Gasteiger partial charge in [-0.1, -0.05) is 20.3 Å². The Bertz CT molecular complexity index is 629. The molecule has 0 aliphatic heterocycles. The first kappa shape index (κ1) is 20.4. The minimum absolute atomic E-state index is 0.0462. The van der Waals surface area contributed by atoms with Gasteiger partial charge in [0.05, 0.1) is 4.90 Å². The number of carbonyl (C=O) groups is 1. The van der Waals surface area contributed by atoms with Crippen LogP contribution in [0, 0.1) is 5.92 Å². The number of unbranched alkanes of at least 4 members (excludes halogenated alkanes) is 1. The topological polar surface area (TPSA) is 133 Å². The number of nitrogen functional groups attached to an aromatic ring is 1. The van der Waals surface area contributed by atoms with Crippen LogP contribution >= 0.6 is 0 Å². The smallest absolute Gasteiger partial charge is 0.243 e. The summed E-state index contributed by atoms with van der Waals surface area (Å²) in [5.41, 5.74) is 17.1. The summed E-state index contributed by atoms with van der Waals surface area (Å²) in [6.07, 6.45) is 1.70. The largest absolute Gasteiger partial charge is 0.399 e. The van der Waals surface area contributed by atoms with Crippen LogP contribution in [0.3, 0.4) is 0 Å². The molecule has 0 aromatic heterocycles. The van der Waals surface area contributed by atoms with E-state index in [4.69, 9.17) is 17.2 Å². The molecule has 1 aromatic carbocycles. The predicted octanol–water partition coefficient (Wildman–Crippen LogP) is 0.898. The molecule has 6 N–H and O–H groups in total. The van der Waals surface area contributed by atoms with Crippen LogP contribution < -0.4 is 17.2 Å². The van der Waals surface area contributed by atoms with E-state index in [1.165, 1.54) is 28.6 Å². The Labute approximate surface area is 144 Å². The molecule has 0 unspecified atom stereocenters. The number of benzene rings is 1. The van der Waals surface area contributed by atoms with Gasteiger partial charge in [-0.3, -0.25) is 4.79 Å². The number of nitrogens with zero attached hydrogens (tertiary/aromatic N) is 1. The molecule has 0 aliphatic rings. The lowest BCUT2D eigenvalue weighted by atomic mass is 10.1. The molecule has 0 fully saturated rings. The van der Waals surface area contributed by atoms with E-state index >= 15 is 0 Å². The predicted molar refractivity (Wildman–Crippen MR) is 95.5 cm³/mol. The molecule has 0 aliphatic carbocycles. The molecule has 136 valence electrons. The lowest BCUT2D eigenvalue weighted by Crippen LogP contribution is -2.49. The normalized spacial score (nSPS) is 13.4. The molecular formula is C16H28N4O3S. The zero-order valence-electron chi connectivity index (χ0n) is 14.3. The van der Waals surface area contributed by atoms with Gasteiger partial charge in [0.2, 0.25) is 15.9 Å². The number of rotatable bonds is 10. The average molecular weight is 356 g/mol. The van der Waals surface area contributed by atoms with Crippen molar-refractivity contribution >= 4 is 21.6 Å². The summed E-state index contributed by atoms with van der Waals surface area (Å²) in [6.45, 7) is 4.48. The van der Waals surface area contributed by atoms with Gasteiger partial charge in [-0.2, -0.15) is 4.31 Å². The van der Waals surface area contributed by atoms with E-state index in [1.54, 1.807) is 0 Å². The molecule has 1 aromatic rings. The second-order valence-corrected chi connectivity index (χ2v) is 8.13. The van der Waals surface area contributed by atoms with Crippen LogP contribution in [-0.4, -0.2) is 37.8 Å². The number of sulfonamides is 1. The molecule has 1 atom stereocenters. The van der Waals surface area contributed by atoms with Crippen molar-refractivity contribution in [2.75, 3.05) is 18.8 Å². The SMILES string of the molecule is CC(C)CN([C@@H](CCCCN)C(N)=O)S(=O)(=O)c1ccc(N)cc1. The number of hydrogen-bond acceptors (Lipinski definition) is 5. The van der Waals surface area contributed by atoms with E-state index in [9.17, 15) is 13.2 Å². The summed E-state index contributed by atoms with van der Waals surface area (Å²) >= 11 is 0. The Kier molecular flexibility index (Phi) is 7.65. The van der Waals surface area contributed by atoms with Gasteiger partial charge in [0.1, 0.15) is 6.04 Å². The Morgan fingerprint density at radius 3 is 2.21 bits per heavy atom. The van der Waals surface area contributed by atoms with Crippen LogP contribution in [0.1, 0.15) is 33.1 Å². The van der Waals surface area contributed by atoms with Crippen molar-refractivity contribution in [1.29, 1.82) is 0 Å². The molecule has 7 nitrogen and oxygen atoms in total. The van der Waals surface area contributed by atoms with Gasteiger partial charge in [0, 0.05) is 12.2 Å². The van der Waals surface area contributed by atoms with E-state index in [0.29, 0.717) is 31.5 Å². The average Bonchev–Trinajstić information content (AvgIpc) is 2.49. The van der Waals surface area contributed by atoms with Crippen LogP contribution in [0.25, 0.3) is 0 Å². The highest BCUT2D eigenvalue weighted by atomic mass is 32.2. The van der Waals surface area contributed by atoms with Crippen molar-refractivity contribution in [3.63, 3.8) is 0 Å². The molecule has 1 amide bonds. The highest BCUT2D eigenvalue weighted by molar-refractivity contribution is 7.89. The van der Waals surface area contributed by atoms with Crippen molar-refractivity contribution in [1.82, 2.24) is 4.31 Å². The molecule has 0 spiro atoms. The number of primary amides is 1. The third-order valence-corrected chi connectivity index (χ3v) is 5.53. The maximum Gasteiger partial charge on any atom is 0.243 e. The monoisotopic (exact) mass is 356 g/mol. The lowest BCUT2D eigenvalue weighted by molar-refractivity contribution is -0.122. The van der Waals surface area contributed by atoms with Crippen LogP contribution in [0.5, 0.6) is 0 Å². The van der Waals surface area contributed by atoms with Gasteiger partial charge in [-0.15, -0.1) is 0 Å². The quantitative estimate of drug-likeness (QED) is 0.423. The summed E-state index contributed by atoms with van der Waals surface area (Å²) in [5, 5.41) is 0. The molecule has 8 heteroatoms. The summed E-state index contributed by atoms with van der Waals surface area (Å²) in [7, 11) is -3.85. The second kappa shape index (κ2) is 9.00. The fraction of sp³-hybridized carbons (Fsp3) is 0.562. The van der Waals surface area contributed by atoms with E-state index in [0.717, 1.165) is 0 Å². The zero-order valence-corrected chi connectivity index (χ0v) is 15.1. The highest BCUT2D eigenvalue weighted by Gasteiger charge is 2.34. The highest BCUT2D eigenvalue weighted by Crippen LogP contribution is 2.23. The van der Waals surface area contributed by atoms with Crippen LogP contribution in [0.15, 0.2) is 29.2 Å². The van der Waals surface area contributed by atoms with Crippen molar-refractivity contribution < 1.29 is 13.2 Å². The molecule has 24 heavy (non-hydrogen) atoms. The Hall–Kier alpha value is -1.64. The first-order valence-corrected chi connectivity index (χ1v) is 9.51. The summed E-state index contributed by atoms with van der Waals surface area (Å²) < 4.78 is 27.2. The van der Waals surface area contributed by atoms with E-state index in [2.05, 4.69) is 0 Å². The van der Waals surface area contributed by atoms with Crippen molar-refractivity contribution in [2.45, 2.75) is 44.0 Å². The molecule has 0 heterocycles. The molecule has 1 rings (SSSR count). The van der Waals surface area contributed by atoms with Crippen molar-refractivity contribution in [3.05, 3.63) is 24.3 Å².